The minimum absolute atomic E-state index is 0.0184. The summed E-state index contributed by atoms with van der Waals surface area (Å²) < 4.78 is 31.1. The first-order valence-corrected chi connectivity index (χ1v) is 15.2. The molecule has 37 heavy (non-hydrogen) atoms. The van der Waals surface area contributed by atoms with Crippen LogP contribution < -0.4 is 0 Å². The second-order valence-electron chi connectivity index (χ2n) is 12.3. The lowest BCUT2D eigenvalue weighted by Crippen LogP contribution is -2.62. The molecule has 0 saturated heterocycles. The molecule has 2 N–H and O–H groups in total. The molecular formula is C28H44NO7S+. The Morgan fingerprint density at radius 3 is 2.41 bits per heavy atom. The summed E-state index contributed by atoms with van der Waals surface area (Å²) in [5.41, 5.74) is -2.09. The number of hydrogen-bond acceptors (Lipinski definition) is 7. The number of rotatable bonds is 8. The average molecular weight is 539 g/mol. The summed E-state index contributed by atoms with van der Waals surface area (Å²) in [6, 6.07) is 0. The first-order chi connectivity index (χ1) is 17.2. The maximum absolute atomic E-state index is 13.5. The van der Waals surface area contributed by atoms with Gasteiger partial charge in [-0.15, -0.1) is 8.42 Å². The minimum atomic E-state index is -4.08. The van der Waals surface area contributed by atoms with Crippen molar-refractivity contribution in [3.63, 3.8) is 0 Å². The molecule has 0 heterocycles. The van der Waals surface area contributed by atoms with Gasteiger partial charge in [-0.25, -0.2) is 4.18 Å². The summed E-state index contributed by atoms with van der Waals surface area (Å²) in [6.45, 7) is 11.6. The standard InChI is InChI=1S/C28H44NO7S/c1-7-29(8-2,9-3)37(34,35)36-17-24(32)28(33)13-11-21-20-14-18(4)22-15-19(30)10-12-26(22,5)25(20)23(31)16-27(21,28)6/h10,12,15,18,20-21,23,25,31,33H,7-9,11,13-14,16-17H2,1-6H3/q+1/t18-,20-,21-,23-,25+,26-,27-,28-/m0/s1. The molecule has 0 aromatic carbocycles. The fraction of sp³-hybridized carbons (Fsp3) is 0.786. The van der Waals surface area contributed by atoms with Gasteiger partial charge in [0.1, 0.15) is 12.2 Å². The Labute approximate surface area is 221 Å². The molecule has 0 unspecified atom stereocenters. The van der Waals surface area contributed by atoms with Gasteiger partial charge in [0.15, 0.2) is 11.6 Å². The van der Waals surface area contributed by atoms with E-state index in [2.05, 4.69) is 13.8 Å². The number of aliphatic hydroxyl groups excluding tert-OH is 1. The Hall–Kier alpha value is -1.39. The van der Waals surface area contributed by atoms with Crippen molar-refractivity contribution in [3.05, 3.63) is 23.8 Å². The molecule has 4 rings (SSSR count). The first-order valence-electron chi connectivity index (χ1n) is 13.8. The molecule has 8 nitrogen and oxygen atoms in total. The smallest absolute Gasteiger partial charge is 0.393 e. The zero-order valence-electron chi connectivity index (χ0n) is 23.1. The zero-order chi connectivity index (χ0) is 27.6. The third-order valence-corrected chi connectivity index (χ3v) is 13.1. The first kappa shape index (κ1) is 28.6. The third-order valence-electron chi connectivity index (χ3n) is 11.0. The van der Waals surface area contributed by atoms with Crippen molar-refractivity contribution in [2.75, 3.05) is 26.2 Å². The molecule has 0 radical (unpaired) electrons. The average Bonchev–Trinajstić information content (AvgIpc) is 3.11. The zero-order valence-corrected chi connectivity index (χ0v) is 23.9. The second kappa shape index (κ2) is 9.37. The predicted molar refractivity (Wildman–Crippen MR) is 139 cm³/mol. The summed E-state index contributed by atoms with van der Waals surface area (Å²) in [6.07, 6.45) is 6.29. The third kappa shape index (κ3) is 3.94. The highest BCUT2D eigenvalue weighted by molar-refractivity contribution is 7.81. The van der Waals surface area contributed by atoms with Gasteiger partial charge < -0.3 is 10.2 Å². The van der Waals surface area contributed by atoms with Crippen molar-refractivity contribution in [2.45, 2.75) is 78.9 Å². The molecule has 0 aromatic heterocycles. The van der Waals surface area contributed by atoms with Crippen LogP contribution in [-0.2, 0) is 24.1 Å². The lowest BCUT2D eigenvalue weighted by Gasteiger charge is -2.60. The molecule has 3 fully saturated rings. The van der Waals surface area contributed by atoms with Crippen molar-refractivity contribution in [3.8, 4) is 0 Å². The second-order valence-corrected chi connectivity index (χ2v) is 14.1. The topological polar surface area (TPSA) is 118 Å². The van der Waals surface area contributed by atoms with E-state index in [9.17, 15) is 28.2 Å². The van der Waals surface area contributed by atoms with Gasteiger partial charge in [-0.05, 0) is 76.4 Å². The summed E-state index contributed by atoms with van der Waals surface area (Å²) >= 11 is 0. The maximum atomic E-state index is 13.5. The molecule has 0 spiro atoms. The molecule has 3 saturated carbocycles. The van der Waals surface area contributed by atoms with Crippen LogP contribution in [0.25, 0.3) is 0 Å². The molecule has 0 bridgehead atoms. The fourth-order valence-corrected chi connectivity index (χ4v) is 10.1. The van der Waals surface area contributed by atoms with E-state index in [4.69, 9.17) is 4.18 Å². The summed E-state index contributed by atoms with van der Waals surface area (Å²) in [5.74, 6) is -0.610. The number of carbonyl (C=O) groups excluding carboxylic acids is 2. The van der Waals surface area contributed by atoms with Gasteiger partial charge in [0.05, 0.1) is 25.7 Å². The van der Waals surface area contributed by atoms with Crippen LogP contribution in [0.2, 0.25) is 0 Å². The number of allylic oxidation sites excluding steroid dienone is 4. The van der Waals surface area contributed by atoms with Crippen LogP contribution in [0.3, 0.4) is 0 Å². The highest BCUT2D eigenvalue weighted by atomic mass is 32.2. The summed E-state index contributed by atoms with van der Waals surface area (Å²) in [4.78, 5) is 25.7. The predicted octanol–water partition coefficient (Wildman–Crippen LogP) is 2.95. The van der Waals surface area contributed by atoms with Crippen LogP contribution in [0, 0.1) is 34.5 Å². The lowest BCUT2D eigenvalue weighted by molar-refractivity contribution is -0.805. The van der Waals surface area contributed by atoms with Crippen molar-refractivity contribution in [2.24, 2.45) is 34.5 Å². The van der Waals surface area contributed by atoms with Gasteiger partial charge in [0.25, 0.3) is 0 Å². The van der Waals surface area contributed by atoms with Crippen LogP contribution in [0.5, 0.6) is 0 Å². The van der Waals surface area contributed by atoms with Crippen molar-refractivity contribution in [1.29, 1.82) is 0 Å². The van der Waals surface area contributed by atoms with E-state index in [1.807, 2.05) is 13.0 Å². The quantitative estimate of drug-likeness (QED) is 0.456. The molecule has 4 aliphatic rings. The molecule has 0 amide bonds. The van der Waals surface area contributed by atoms with Crippen molar-refractivity contribution >= 4 is 21.9 Å². The number of nitrogens with zero attached hydrogens (tertiary/aromatic N) is 1. The number of ketones is 2. The van der Waals surface area contributed by atoms with Crippen LogP contribution in [0.15, 0.2) is 23.8 Å². The van der Waals surface area contributed by atoms with Crippen LogP contribution in [0.4, 0.5) is 0 Å². The number of Topliss-reactive ketones (excluding diaryl/α,β-unsaturated/α-hetero) is 1. The molecule has 208 valence electrons. The number of carbonyl (C=O) groups is 2. The highest BCUT2D eigenvalue weighted by Crippen LogP contribution is 2.67. The minimum Gasteiger partial charge on any atom is -0.393 e. The Bertz CT molecular complexity index is 1120. The molecule has 0 aromatic rings. The van der Waals surface area contributed by atoms with Crippen LogP contribution in [-0.4, -0.2) is 72.0 Å². The van der Waals surface area contributed by atoms with E-state index in [0.717, 1.165) is 12.0 Å². The Morgan fingerprint density at radius 2 is 1.81 bits per heavy atom. The Kier molecular flexibility index (Phi) is 7.24. The highest BCUT2D eigenvalue weighted by Gasteiger charge is 2.68. The van der Waals surface area contributed by atoms with Gasteiger partial charge in [-0.3, -0.25) is 9.59 Å². The van der Waals surface area contributed by atoms with E-state index in [0.29, 0.717) is 26.1 Å². The maximum Gasteiger partial charge on any atom is 0.435 e. The number of fused-ring (bicyclic) bond motifs is 5. The summed E-state index contributed by atoms with van der Waals surface area (Å²) in [5, 5.41) is 23.4. The molecule has 4 aliphatic carbocycles. The van der Waals surface area contributed by atoms with Gasteiger partial charge in [-0.1, -0.05) is 32.4 Å². The van der Waals surface area contributed by atoms with Gasteiger partial charge in [0.2, 0.25) is 0 Å². The van der Waals surface area contributed by atoms with Gasteiger partial charge in [0, 0.05) is 16.7 Å². The molecule has 8 atom stereocenters. The summed E-state index contributed by atoms with van der Waals surface area (Å²) in [7, 11) is -4.08. The van der Waals surface area contributed by atoms with E-state index < -0.39 is 45.2 Å². The fourth-order valence-electron chi connectivity index (χ4n) is 8.72. The Balaban J connectivity index is 1.61. The molecular weight excluding hydrogens is 494 g/mol. The normalized spacial score (nSPS) is 41.6. The van der Waals surface area contributed by atoms with E-state index >= 15 is 0 Å². The molecule has 9 heteroatoms. The van der Waals surface area contributed by atoms with E-state index in [-0.39, 0.29) is 46.2 Å². The van der Waals surface area contributed by atoms with Gasteiger partial charge in [-0.2, -0.15) is 3.89 Å². The number of aliphatic hydroxyl groups is 2. The largest absolute Gasteiger partial charge is 0.435 e. The van der Waals surface area contributed by atoms with Crippen LogP contribution >= 0.6 is 0 Å². The van der Waals surface area contributed by atoms with Gasteiger partial charge >= 0.3 is 10.3 Å². The van der Waals surface area contributed by atoms with Crippen molar-refractivity contribution in [1.82, 2.24) is 0 Å². The molecule has 0 aliphatic heterocycles. The van der Waals surface area contributed by atoms with E-state index in [1.165, 1.54) is 0 Å². The number of quaternary nitrogens is 1. The van der Waals surface area contributed by atoms with Crippen molar-refractivity contribution < 1.29 is 36.3 Å². The number of hydrogen-bond donors (Lipinski definition) is 2. The lowest BCUT2D eigenvalue weighted by atomic mass is 9.45. The SMILES string of the molecule is CC[N+](CC)(CC)S(=O)(=O)OCC(=O)[C@@]1(O)CC[C@H]2[C@@H]3C[C@H](C)C4=CC(=O)C=C[C@]4(C)[C@H]3[C@@H](O)C[C@@]21C. The van der Waals surface area contributed by atoms with Crippen LogP contribution in [0.1, 0.15) is 67.2 Å². The Morgan fingerprint density at radius 1 is 1.19 bits per heavy atom. The van der Waals surface area contributed by atoms with E-state index in [1.54, 1.807) is 32.9 Å². The monoisotopic (exact) mass is 538 g/mol.